The van der Waals surface area contributed by atoms with Gasteiger partial charge in [0.1, 0.15) is 11.5 Å². The minimum absolute atomic E-state index is 0.0470. The molecule has 0 saturated carbocycles. The van der Waals surface area contributed by atoms with Crippen molar-refractivity contribution in [2.75, 3.05) is 33.9 Å². The van der Waals surface area contributed by atoms with Crippen molar-refractivity contribution in [3.8, 4) is 11.5 Å². The molecule has 1 aromatic rings. The maximum Gasteiger partial charge on any atom is 0.325 e. The van der Waals surface area contributed by atoms with Crippen LogP contribution in [0.1, 0.15) is 44.2 Å². The fourth-order valence-electron chi connectivity index (χ4n) is 6.45. The molecule has 1 unspecified atom stereocenters. The average Bonchev–Trinajstić information content (AvgIpc) is 3.09. The summed E-state index contributed by atoms with van der Waals surface area (Å²) in [7, 11) is 3.34. The molecule has 36 heavy (non-hydrogen) atoms. The van der Waals surface area contributed by atoms with Crippen molar-refractivity contribution in [1.29, 1.82) is 0 Å². The van der Waals surface area contributed by atoms with E-state index in [1.807, 2.05) is 45.1 Å². The van der Waals surface area contributed by atoms with E-state index >= 15 is 0 Å². The van der Waals surface area contributed by atoms with Crippen molar-refractivity contribution in [2.45, 2.75) is 51.6 Å². The van der Waals surface area contributed by atoms with Crippen molar-refractivity contribution in [3.05, 3.63) is 59.3 Å². The number of fused-ring (bicyclic) bond motifs is 3. The molecule has 2 atom stereocenters. The van der Waals surface area contributed by atoms with Crippen LogP contribution in [0.3, 0.4) is 0 Å². The van der Waals surface area contributed by atoms with Crippen LogP contribution in [-0.2, 0) is 17.8 Å². The molecule has 0 N–H and O–H groups in total. The number of amides is 3. The first-order valence-electron chi connectivity index (χ1n) is 13.1. The van der Waals surface area contributed by atoms with Crippen LogP contribution in [0.25, 0.3) is 0 Å². The monoisotopic (exact) mass is 491 g/mol. The third-order valence-corrected chi connectivity index (χ3v) is 8.29. The lowest BCUT2D eigenvalue weighted by Gasteiger charge is -2.45. The minimum Gasteiger partial charge on any atom is -0.497 e. The van der Waals surface area contributed by atoms with Crippen molar-refractivity contribution in [1.82, 2.24) is 14.7 Å². The Bertz CT molecular complexity index is 1130. The normalized spacial score (nSPS) is 26.2. The third-order valence-electron chi connectivity index (χ3n) is 8.29. The SMILES string of the molecule is CCN1C(=O)N2Cc3cc(OC)cc(OC)c3C[C@@H](C)/C=C\2C12CCN(C(=O)C1C=CC=CC1)CC2. The first-order chi connectivity index (χ1) is 17.4. The molecule has 0 bridgehead atoms. The number of benzene rings is 1. The number of rotatable bonds is 4. The number of methoxy groups -OCH3 is 2. The Labute approximate surface area is 214 Å². The van der Waals surface area contributed by atoms with Crippen molar-refractivity contribution < 1.29 is 19.1 Å². The van der Waals surface area contributed by atoms with E-state index in [-0.39, 0.29) is 29.3 Å². The molecule has 2 saturated heterocycles. The number of carbonyl (C=O) groups excluding carboxylic acids is 2. The van der Waals surface area contributed by atoms with Gasteiger partial charge in [-0.1, -0.05) is 37.3 Å². The zero-order valence-corrected chi connectivity index (χ0v) is 21.8. The van der Waals surface area contributed by atoms with E-state index in [1.54, 1.807) is 14.2 Å². The first-order valence-corrected chi connectivity index (χ1v) is 13.1. The Kier molecular flexibility index (Phi) is 6.58. The topological polar surface area (TPSA) is 62.3 Å². The standard InChI is InChI=1S/C29H37N3O4/c1-5-32-28(34)31-19-22-17-23(35-3)18-25(36-4)24(22)15-20(2)16-26(31)29(32)11-13-30(14-12-29)27(33)21-9-7-6-8-10-21/h6-9,16-18,20-21H,5,10-15,19H2,1-4H3/b26-16-/t20-,21?/m1/s1. The van der Waals surface area contributed by atoms with Crippen LogP contribution in [0.5, 0.6) is 11.5 Å². The number of allylic oxidation sites excluding steroid dienone is 4. The van der Waals surface area contributed by atoms with Crippen LogP contribution in [0.4, 0.5) is 4.79 Å². The number of likely N-dealkylation sites (tertiary alicyclic amines) is 1. The predicted octanol–water partition coefficient (Wildman–Crippen LogP) is 4.53. The van der Waals surface area contributed by atoms with Gasteiger partial charge in [0.05, 0.1) is 32.2 Å². The molecule has 0 radical (unpaired) electrons. The van der Waals surface area contributed by atoms with Crippen molar-refractivity contribution in [3.63, 3.8) is 0 Å². The van der Waals surface area contributed by atoms with Crippen molar-refractivity contribution >= 4 is 11.9 Å². The average molecular weight is 492 g/mol. The van der Waals surface area contributed by atoms with E-state index < -0.39 is 0 Å². The summed E-state index contributed by atoms with van der Waals surface area (Å²) in [5.74, 6) is 1.89. The molecule has 7 nitrogen and oxygen atoms in total. The molecular formula is C29H37N3O4. The summed E-state index contributed by atoms with van der Waals surface area (Å²) in [5.41, 5.74) is 2.92. The van der Waals surface area contributed by atoms with Gasteiger partial charge in [-0.25, -0.2) is 4.79 Å². The highest BCUT2D eigenvalue weighted by atomic mass is 16.5. The van der Waals surface area contributed by atoms with Gasteiger partial charge < -0.3 is 19.3 Å². The van der Waals surface area contributed by atoms with Gasteiger partial charge in [0.15, 0.2) is 0 Å². The number of nitrogens with zero attached hydrogens (tertiary/aromatic N) is 3. The van der Waals surface area contributed by atoms with E-state index in [9.17, 15) is 9.59 Å². The van der Waals surface area contributed by atoms with E-state index in [2.05, 4.69) is 26.0 Å². The van der Waals surface area contributed by atoms with Gasteiger partial charge in [-0.15, -0.1) is 0 Å². The summed E-state index contributed by atoms with van der Waals surface area (Å²) in [6.45, 7) is 6.71. The molecule has 2 fully saturated rings. The molecule has 3 aliphatic heterocycles. The first kappa shape index (κ1) is 24.5. The van der Waals surface area contributed by atoms with Gasteiger partial charge in [0.25, 0.3) is 0 Å². The summed E-state index contributed by atoms with van der Waals surface area (Å²) in [5, 5.41) is 0. The molecule has 3 amide bonds. The molecule has 1 aliphatic carbocycles. The van der Waals surface area contributed by atoms with Crippen LogP contribution in [-0.4, -0.2) is 66.0 Å². The minimum atomic E-state index is -0.375. The second-order valence-electron chi connectivity index (χ2n) is 10.3. The lowest BCUT2D eigenvalue weighted by atomic mass is 9.80. The molecule has 7 heteroatoms. The fraction of sp³-hybridized carbons (Fsp3) is 0.517. The molecule has 5 rings (SSSR count). The number of piperidine rings is 1. The maximum atomic E-state index is 13.8. The number of urea groups is 1. The summed E-state index contributed by atoms with van der Waals surface area (Å²) in [6.07, 6.45) is 13.4. The van der Waals surface area contributed by atoms with Crippen LogP contribution < -0.4 is 9.47 Å². The Morgan fingerprint density at radius 2 is 1.92 bits per heavy atom. The number of ether oxygens (including phenoxy) is 2. The predicted molar refractivity (Wildman–Crippen MR) is 139 cm³/mol. The maximum absolute atomic E-state index is 13.8. The summed E-state index contributed by atoms with van der Waals surface area (Å²) in [4.78, 5) is 33.0. The van der Waals surface area contributed by atoms with Crippen LogP contribution in [0.2, 0.25) is 0 Å². The van der Waals surface area contributed by atoms with Gasteiger partial charge in [0.2, 0.25) is 5.91 Å². The zero-order valence-electron chi connectivity index (χ0n) is 21.8. The molecule has 4 aliphatic rings. The quantitative estimate of drug-likeness (QED) is 0.621. The largest absolute Gasteiger partial charge is 0.497 e. The Morgan fingerprint density at radius 1 is 1.14 bits per heavy atom. The number of likely N-dealkylation sites (N-methyl/N-ethyl adjacent to an activating group) is 1. The number of carbonyl (C=O) groups is 2. The van der Waals surface area contributed by atoms with Gasteiger partial charge >= 0.3 is 6.03 Å². The Morgan fingerprint density at radius 3 is 2.56 bits per heavy atom. The smallest absolute Gasteiger partial charge is 0.325 e. The van der Waals surface area contributed by atoms with Gasteiger partial charge in [-0.3, -0.25) is 9.69 Å². The molecule has 0 aromatic heterocycles. The second kappa shape index (κ2) is 9.68. The van der Waals surface area contributed by atoms with Gasteiger partial charge in [-0.05, 0) is 55.7 Å². The summed E-state index contributed by atoms with van der Waals surface area (Å²) >= 11 is 0. The van der Waals surface area contributed by atoms with E-state index in [0.717, 1.165) is 54.0 Å². The Balaban J connectivity index is 1.46. The third kappa shape index (κ3) is 3.98. The van der Waals surface area contributed by atoms with Crippen LogP contribution >= 0.6 is 0 Å². The van der Waals surface area contributed by atoms with Crippen LogP contribution in [0, 0.1) is 11.8 Å². The van der Waals surface area contributed by atoms with Gasteiger partial charge in [0, 0.05) is 31.4 Å². The summed E-state index contributed by atoms with van der Waals surface area (Å²) in [6, 6.07) is 4.01. The fourth-order valence-corrected chi connectivity index (χ4v) is 6.45. The molecule has 3 heterocycles. The summed E-state index contributed by atoms with van der Waals surface area (Å²) < 4.78 is 11.3. The lowest BCUT2D eigenvalue weighted by Crippen LogP contribution is -2.55. The molecule has 1 aromatic carbocycles. The van der Waals surface area contributed by atoms with Gasteiger partial charge in [-0.2, -0.15) is 0 Å². The second-order valence-corrected chi connectivity index (χ2v) is 10.3. The van der Waals surface area contributed by atoms with Crippen molar-refractivity contribution in [2.24, 2.45) is 11.8 Å². The van der Waals surface area contributed by atoms with E-state index in [0.29, 0.717) is 26.2 Å². The molecule has 192 valence electrons. The number of hydrogen-bond acceptors (Lipinski definition) is 4. The zero-order chi connectivity index (χ0) is 25.4. The highest BCUT2D eigenvalue weighted by Crippen LogP contribution is 2.47. The lowest BCUT2D eigenvalue weighted by molar-refractivity contribution is -0.136. The Hall–Kier alpha value is -3.22. The highest BCUT2D eigenvalue weighted by molar-refractivity contribution is 5.84. The molecule has 1 spiro atoms. The molecular weight excluding hydrogens is 454 g/mol. The van der Waals surface area contributed by atoms with E-state index in [1.165, 1.54) is 0 Å². The van der Waals surface area contributed by atoms with Crippen LogP contribution in [0.15, 0.2) is 48.2 Å². The highest BCUT2D eigenvalue weighted by Gasteiger charge is 2.55. The van der Waals surface area contributed by atoms with E-state index in [4.69, 9.17) is 9.47 Å². The number of hydrogen-bond donors (Lipinski definition) is 0.